The van der Waals surface area contributed by atoms with Crippen molar-refractivity contribution in [3.05, 3.63) is 29.6 Å². The lowest BCUT2D eigenvalue weighted by molar-refractivity contribution is 0.0677. The van der Waals surface area contributed by atoms with Crippen LogP contribution < -0.4 is 4.90 Å². The summed E-state index contributed by atoms with van der Waals surface area (Å²) in [6, 6.07) is 4.63. The topological polar surface area (TPSA) is 47.0 Å². The summed E-state index contributed by atoms with van der Waals surface area (Å²) >= 11 is 0. The molecule has 0 spiro atoms. The molecular weight excluding hydrogens is 309 g/mol. The molecule has 1 N–H and O–H groups in total. The first-order chi connectivity index (χ1) is 11.6. The van der Waals surface area contributed by atoms with Gasteiger partial charge < -0.3 is 19.8 Å². The lowest BCUT2D eigenvalue weighted by atomic mass is 10.1. The number of aliphatic hydroxyl groups is 1. The van der Waals surface area contributed by atoms with Crippen LogP contribution in [0.2, 0.25) is 0 Å². The third kappa shape index (κ3) is 3.39. The van der Waals surface area contributed by atoms with Crippen molar-refractivity contribution in [2.24, 2.45) is 0 Å². The molecule has 1 aromatic rings. The number of hydrogen-bond acceptors (Lipinski definition) is 4. The molecule has 0 unspecified atom stereocenters. The van der Waals surface area contributed by atoms with Gasteiger partial charge >= 0.3 is 0 Å². The van der Waals surface area contributed by atoms with Crippen LogP contribution in [0.3, 0.4) is 0 Å². The van der Waals surface area contributed by atoms with Crippen molar-refractivity contribution >= 4 is 11.6 Å². The Labute approximate surface area is 142 Å². The molecule has 0 saturated carbocycles. The summed E-state index contributed by atoms with van der Waals surface area (Å²) in [5.74, 6) is -0.529. The van der Waals surface area contributed by atoms with Gasteiger partial charge in [0.1, 0.15) is 5.82 Å². The number of halogens is 1. The van der Waals surface area contributed by atoms with E-state index in [0.29, 0.717) is 17.8 Å². The molecule has 1 aromatic carbocycles. The van der Waals surface area contributed by atoms with E-state index in [2.05, 4.69) is 11.8 Å². The lowest BCUT2D eigenvalue weighted by Gasteiger charge is -2.35. The number of benzene rings is 1. The van der Waals surface area contributed by atoms with Crippen LogP contribution in [0.4, 0.5) is 10.1 Å². The van der Waals surface area contributed by atoms with Crippen LogP contribution in [-0.2, 0) is 0 Å². The highest BCUT2D eigenvalue weighted by atomic mass is 19.1. The third-order valence-corrected chi connectivity index (χ3v) is 5.20. The molecule has 0 aromatic heterocycles. The van der Waals surface area contributed by atoms with E-state index in [4.69, 9.17) is 0 Å². The molecule has 2 saturated heterocycles. The van der Waals surface area contributed by atoms with Gasteiger partial charge in [-0.15, -0.1) is 0 Å². The van der Waals surface area contributed by atoms with E-state index in [1.54, 1.807) is 17.0 Å². The zero-order valence-corrected chi connectivity index (χ0v) is 14.2. The van der Waals surface area contributed by atoms with Crippen molar-refractivity contribution in [2.45, 2.75) is 25.8 Å². The molecule has 24 heavy (non-hydrogen) atoms. The summed E-state index contributed by atoms with van der Waals surface area (Å²) in [5.41, 5.74) is 0.936. The average molecular weight is 335 g/mol. The van der Waals surface area contributed by atoms with Gasteiger partial charge in [-0.25, -0.2) is 4.39 Å². The zero-order chi connectivity index (χ0) is 17.1. The number of piperazine rings is 1. The van der Waals surface area contributed by atoms with Crippen LogP contribution in [0.1, 0.15) is 30.1 Å². The first kappa shape index (κ1) is 17.2. The molecule has 2 heterocycles. The first-order valence-electron chi connectivity index (χ1n) is 8.82. The molecule has 5 nitrogen and oxygen atoms in total. The average Bonchev–Trinajstić information content (AvgIpc) is 3.10. The van der Waals surface area contributed by atoms with Gasteiger partial charge in [0.05, 0.1) is 18.3 Å². The van der Waals surface area contributed by atoms with Crippen LogP contribution in [0.15, 0.2) is 18.2 Å². The zero-order valence-electron chi connectivity index (χ0n) is 14.2. The second-order valence-corrected chi connectivity index (χ2v) is 6.56. The van der Waals surface area contributed by atoms with Crippen LogP contribution in [-0.4, -0.2) is 72.7 Å². The highest BCUT2D eigenvalue weighted by molar-refractivity contribution is 5.95. The number of rotatable bonds is 4. The van der Waals surface area contributed by atoms with Crippen molar-refractivity contribution in [1.82, 2.24) is 9.80 Å². The Balaban J connectivity index is 1.72. The van der Waals surface area contributed by atoms with Crippen LogP contribution >= 0.6 is 0 Å². The highest BCUT2D eigenvalue weighted by Gasteiger charge is 2.29. The predicted octanol–water partition coefficient (Wildman–Crippen LogP) is 1.56. The monoisotopic (exact) mass is 335 g/mol. The largest absolute Gasteiger partial charge is 0.394 e. The van der Waals surface area contributed by atoms with E-state index in [1.807, 2.05) is 4.90 Å². The summed E-state index contributed by atoms with van der Waals surface area (Å²) in [6.07, 6.45) is 1.70. The van der Waals surface area contributed by atoms with E-state index in [-0.39, 0.29) is 24.4 Å². The van der Waals surface area contributed by atoms with Crippen LogP contribution in [0.5, 0.6) is 0 Å². The minimum absolute atomic E-state index is 0.0337. The number of anilines is 1. The fourth-order valence-electron chi connectivity index (χ4n) is 3.66. The van der Waals surface area contributed by atoms with Gasteiger partial charge in [-0.1, -0.05) is 6.92 Å². The van der Waals surface area contributed by atoms with Gasteiger partial charge in [0.2, 0.25) is 0 Å². The van der Waals surface area contributed by atoms with Gasteiger partial charge in [0.15, 0.2) is 0 Å². The second kappa shape index (κ2) is 7.49. The molecular formula is C18H26FN3O2. The third-order valence-electron chi connectivity index (χ3n) is 5.20. The number of likely N-dealkylation sites (N-methyl/N-ethyl adjacent to an activating group) is 1. The van der Waals surface area contributed by atoms with Crippen molar-refractivity contribution in [3.63, 3.8) is 0 Å². The molecule has 6 heteroatoms. The molecule has 2 aliphatic rings. The maximum Gasteiger partial charge on any atom is 0.254 e. The fraction of sp³-hybridized carbons (Fsp3) is 0.611. The number of carbonyl (C=O) groups excluding carboxylic acids is 1. The number of aliphatic hydroxyl groups excluding tert-OH is 1. The van der Waals surface area contributed by atoms with Crippen LogP contribution in [0.25, 0.3) is 0 Å². The van der Waals surface area contributed by atoms with Crippen molar-refractivity contribution in [2.75, 3.05) is 50.8 Å². The SMILES string of the molecule is CCN1CCN(c2ccc(C(=O)N3CCC[C@@H]3CO)cc2F)CC1. The van der Waals surface area contributed by atoms with Gasteiger partial charge in [-0.2, -0.15) is 0 Å². The van der Waals surface area contributed by atoms with Crippen molar-refractivity contribution in [3.8, 4) is 0 Å². The van der Waals surface area contributed by atoms with E-state index in [0.717, 1.165) is 45.6 Å². The van der Waals surface area contributed by atoms with E-state index < -0.39 is 0 Å². The predicted molar refractivity (Wildman–Crippen MR) is 91.9 cm³/mol. The maximum atomic E-state index is 14.6. The highest BCUT2D eigenvalue weighted by Crippen LogP contribution is 2.25. The summed E-state index contributed by atoms with van der Waals surface area (Å²) in [6.45, 7) is 7.22. The summed E-state index contributed by atoms with van der Waals surface area (Å²) in [5, 5.41) is 9.36. The van der Waals surface area contributed by atoms with E-state index in [9.17, 15) is 14.3 Å². The van der Waals surface area contributed by atoms with Gasteiger partial charge in [0.25, 0.3) is 5.91 Å². The number of nitrogens with zero attached hydrogens (tertiary/aromatic N) is 3. The van der Waals surface area contributed by atoms with E-state index >= 15 is 0 Å². The molecule has 0 bridgehead atoms. The van der Waals surface area contributed by atoms with Gasteiger partial charge in [-0.05, 0) is 37.6 Å². The molecule has 0 aliphatic carbocycles. The molecule has 1 amide bonds. The van der Waals surface area contributed by atoms with Crippen molar-refractivity contribution < 1.29 is 14.3 Å². The summed E-state index contributed by atoms with van der Waals surface area (Å²) < 4.78 is 14.6. The Morgan fingerprint density at radius 3 is 2.62 bits per heavy atom. The van der Waals surface area contributed by atoms with Crippen molar-refractivity contribution in [1.29, 1.82) is 0 Å². The lowest BCUT2D eigenvalue weighted by Crippen LogP contribution is -2.46. The summed E-state index contributed by atoms with van der Waals surface area (Å²) in [7, 11) is 0. The quantitative estimate of drug-likeness (QED) is 0.907. The number of amides is 1. The van der Waals surface area contributed by atoms with Gasteiger partial charge in [-0.3, -0.25) is 4.79 Å². The molecule has 3 rings (SSSR count). The Morgan fingerprint density at radius 1 is 1.25 bits per heavy atom. The first-order valence-corrected chi connectivity index (χ1v) is 8.82. The number of likely N-dealkylation sites (tertiary alicyclic amines) is 1. The molecule has 1 atom stereocenters. The maximum absolute atomic E-state index is 14.6. The normalized spacial score (nSPS) is 22.2. The molecule has 2 fully saturated rings. The Bertz CT molecular complexity index is 588. The second-order valence-electron chi connectivity index (χ2n) is 6.56. The Morgan fingerprint density at radius 2 is 2.00 bits per heavy atom. The Kier molecular flexibility index (Phi) is 5.36. The standard InChI is InChI=1S/C18H26FN3O2/c1-2-20-8-10-21(11-9-20)17-6-5-14(12-16(17)19)18(24)22-7-3-4-15(22)13-23/h5-6,12,15,23H,2-4,7-11,13H2,1H3/t15-/m1/s1. The minimum atomic E-state index is -0.342. The molecule has 2 aliphatic heterocycles. The smallest absolute Gasteiger partial charge is 0.254 e. The fourth-order valence-corrected chi connectivity index (χ4v) is 3.66. The Hall–Kier alpha value is -1.66. The summed E-state index contributed by atoms with van der Waals surface area (Å²) in [4.78, 5) is 18.6. The van der Waals surface area contributed by atoms with Crippen LogP contribution in [0, 0.1) is 5.82 Å². The van der Waals surface area contributed by atoms with E-state index in [1.165, 1.54) is 6.07 Å². The van der Waals surface area contributed by atoms with Gasteiger partial charge in [0, 0.05) is 38.3 Å². The number of carbonyl (C=O) groups is 1. The number of hydrogen-bond donors (Lipinski definition) is 1. The molecule has 132 valence electrons. The molecule has 0 radical (unpaired) electrons. The minimum Gasteiger partial charge on any atom is -0.394 e.